The molecule has 2 aromatic rings. The van der Waals surface area contributed by atoms with Crippen LogP contribution in [-0.4, -0.2) is 31.8 Å². The summed E-state index contributed by atoms with van der Waals surface area (Å²) in [5.41, 5.74) is 0.583. The molecule has 2 aromatic carbocycles. The average molecular weight is 424 g/mol. The summed E-state index contributed by atoms with van der Waals surface area (Å²) >= 11 is 3.17. The summed E-state index contributed by atoms with van der Waals surface area (Å²) in [4.78, 5) is 12.0. The van der Waals surface area contributed by atoms with E-state index in [-0.39, 0.29) is 24.4 Å². The summed E-state index contributed by atoms with van der Waals surface area (Å²) in [5, 5.41) is 2.70. The zero-order valence-corrected chi connectivity index (χ0v) is 15.6. The van der Waals surface area contributed by atoms with Crippen LogP contribution >= 0.6 is 15.9 Å². The van der Waals surface area contributed by atoms with Crippen LogP contribution in [-0.2, 0) is 9.53 Å². The summed E-state index contributed by atoms with van der Waals surface area (Å²) < 4.78 is 30.7. The molecule has 1 aliphatic heterocycles. The molecule has 0 radical (unpaired) electrons. The van der Waals surface area contributed by atoms with Crippen molar-refractivity contribution in [3.8, 4) is 11.5 Å². The van der Waals surface area contributed by atoms with Crippen molar-refractivity contribution in [3.05, 3.63) is 52.8 Å². The van der Waals surface area contributed by atoms with Gasteiger partial charge in [0.2, 0.25) is 0 Å². The van der Waals surface area contributed by atoms with Crippen LogP contribution in [0.25, 0.3) is 0 Å². The second-order valence-corrected chi connectivity index (χ2v) is 6.80. The maximum absolute atomic E-state index is 13.7. The molecule has 0 aliphatic carbocycles. The molecular weight excluding hydrogens is 405 g/mol. The number of hydrogen-bond acceptors (Lipinski definition) is 4. The van der Waals surface area contributed by atoms with Crippen LogP contribution in [0.1, 0.15) is 12.8 Å². The first kappa shape index (κ1) is 18.7. The van der Waals surface area contributed by atoms with Crippen LogP contribution in [0.4, 0.5) is 10.1 Å². The van der Waals surface area contributed by atoms with Crippen LogP contribution in [0.3, 0.4) is 0 Å². The van der Waals surface area contributed by atoms with Gasteiger partial charge in [-0.15, -0.1) is 0 Å². The predicted octanol–water partition coefficient (Wildman–Crippen LogP) is 4.16. The molecule has 0 bridgehead atoms. The van der Waals surface area contributed by atoms with Crippen LogP contribution < -0.4 is 14.8 Å². The topological polar surface area (TPSA) is 56.8 Å². The second kappa shape index (κ2) is 9.00. The minimum Gasteiger partial charge on any atom is -0.491 e. The quantitative estimate of drug-likeness (QED) is 0.725. The Morgan fingerprint density at radius 3 is 2.92 bits per heavy atom. The summed E-state index contributed by atoms with van der Waals surface area (Å²) in [6, 6.07) is 11.5. The molecule has 1 N–H and O–H groups in total. The maximum Gasteiger partial charge on any atom is 0.262 e. The van der Waals surface area contributed by atoms with E-state index in [1.807, 2.05) is 6.07 Å². The Labute approximate surface area is 159 Å². The van der Waals surface area contributed by atoms with E-state index in [4.69, 9.17) is 14.2 Å². The number of benzene rings is 2. The number of halogens is 2. The van der Waals surface area contributed by atoms with Gasteiger partial charge in [-0.3, -0.25) is 4.79 Å². The fourth-order valence-electron chi connectivity index (χ4n) is 2.56. The Hall–Kier alpha value is -2.12. The third-order valence-electron chi connectivity index (χ3n) is 3.83. The van der Waals surface area contributed by atoms with Gasteiger partial charge in [0.15, 0.2) is 18.2 Å². The highest BCUT2D eigenvalue weighted by Crippen LogP contribution is 2.22. The summed E-state index contributed by atoms with van der Waals surface area (Å²) in [6.45, 7) is 0.978. The third-order valence-corrected chi connectivity index (χ3v) is 4.32. The van der Waals surface area contributed by atoms with Crippen molar-refractivity contribution in [1.82, 2.24) is 0 Å². The SMILES string of the molecule is O=C(COc1ccc(Br)cc1F)Nc1cccc(OCC2CCCO2)c1. The average Bonchev–Trinajstić information content (AvgIpc) is 3.13. The van der Waals surface area contributed by atoms with E-state index in [1.165, 1.54) is 12.1 Å². The lowest BCUT2D eigenvalue weighted by Gasteiger charge is -2.13. The highest BCUT2D eigenvalue weighted by atomic mass is 79.9. The van der Waals surface area contributed by atoms with E-state index in [0.29, 0.717) is 22.5 Å². The van der Waals surface area contributed by atoms with Crippen molar-refractivity contribution in [2.75, 3.05) is 25.1 Å². The molecule has 0 aromatic heterocycles. The second-order valence-electron chi connectivity index (χ2n) is 5.89. The van der Waals surface area contributed by atoms with E-state index in [0.717, 1.165) is 19.4 Å². The van der Waals surface area contributed by atoms with E-state index in [1.54, 1.807) is 24.3 Å². The van der Waals surface area contributed by atoms with Gasteiger partial charge >= 0.3 is 0 Å². The molecule has 1 fully saturated rings. The summed E-state index contributed by atoms with van der Waals surface area (Å²) in [6.07, 6.45) is 2.19. The van der Waals surface area contributed by atoms with Crippen molar-refractivity contribution in [1.29, 1.82) is 0 Å². The zero-order chi connectivity index (χ0) is 18.4. The normalized spacial score (nSPS) is 16.3. The third kappa shape index (κ3) is 5.44. The van der Waals surface area contributed by atoms with Gasteiger partial charge in [-0.1, -0.05) is 22.0 Å². The van der Waals surface area contributed by atoms with Crippen molar-refractivity contribution in [3.63, 3.8) is 0 Å². The van der Waals surface area contributed by atoms with E-state index >= 15 is 0 Å². The lowest BCUT2D eigenvalue weighted by molar-refractivity contribution is -0.118. The van der Waals surface area contributed by atoms with Crippen molar-refractivity contribution in [2.24, 2.45) is 0 Å². The highest BCUT2D eigenvalue weighted by Gasteiger charge is 2.16. The Balaban J connectivity index is 1.49. The number of carbonyl (C=O) groups excluding carboxylic acids is 1. The molecule has 138 valence electrons. The highest BCUT2D eigenvalue weighted by molar-refractivity contribution is 9.10. The van der Waals surface area contributed by atoms with Gasteiger partial charge in [-0.2, -0.15) is 0 Å². The van der Waals surface area contributed by atoms with Crippen LogP contribution in [0, 0.1) is 5.82 Å². The Morgan fingerprint density at radius 2 is 2.15 bits per heavy atom. The molecule has 1 heterocycles. The van der Waals surface area contributed by atoms with Crippen molar-refractivity contribution < 1.29 is 23.4 Å². The fraction of sp³-hybridized carbons (Fsp3) is 0.316. The van der Waals surface area contributed by atoms with E-state index in [2.05, 4.69) is 21.2 Å². The maximum atomic E-state index is 13.7. The van der Waals surface area contributed by atoms with Crippen LogP contribution in [0.2, 0.25) is 0 Å². The smallest absolute Gasteiger partial charge is 0.262 e. The minimum atomic E-state index is -0.531. The van der Waals surface area contributed by atoms with Crippen LogP contribution in [0.5, 0.6) is 11.5 Å². The molecule has 1 saturated heterocycles. The van der Waals surface area contributed by atoms with Crippen LogP contribution in [0.15, 0.2) is 46.9 Å². The largest absolute Gasteiger partial charge is 0.491 e. The molecule has 3 rings (SSSR count). The predicted molar refractivity (Wildman–Crippen MR) is 99.1 cm³/mol. The van der Waals surface area contributed by atoms with Gasteiger partial charge in [0.25, 0.3) is 5.91 Å². The Bertz CT molecular complexity index is 765. The zero-order valence-electron chi connectivity index (χ0n) is 14.0. The van der Waals surface area contributed by atoms with Gasteiger partial charge in [0.1, 0.15) is 12.4 Å². The molecule has 1 atom stereocenters. The Morgan fingerprint density at radius 1 is 1.27 bits per heavy atom. The molecule has 1 unspecified atom stereocenters. The molecule has 1 amide bonds. The lowest BCUT2D eigenvalue weighted by atomic mass is 10.2. The minimum absolute atomic E-state index is 0.0250. The number of anilines is 1. The molecule has 1 aliphatic rings. The standard InChI is InChI=1S/C19H19BrFNO4/c20-13-6-7-18(17(21)9-13)26-12-19(23)22-14-3-1-4-15(10-14)25-11-16-5-2-8-24-16/h1,3-4,6-7,9-10,16H,2,5,8,11-12H2,(H,22,23). The monoisotopic (exact) mass is 423 g/mol. The van der Waals surface area contributed by atoms with E-state index < -0.39 is 5.82 Å². The molecule has 26 heavy (non-hydrogen) atoms. The molecular formula is C19H19BrFNO4. The lowest BCUT2D eigenvalue weighted by Crippen LogP contribution is -2.20. The first-order valence-electron chi connectivity index (χ1n) is 8.32. The molecule has 0 saturated carbocycles. The van der Waals surface area contributed by atoms with Gasteiger partial charge in [-0.05, 0) is 43.2 Å². The first-order valence-corrected chi connectivity index (χ1v) is 9.11. The fourth-order valence-corrected chi connectivity index (χ4v) is 2.89. The van der Waals surface area contributed by atoms with E-state index in [9.17, 15) is 9.18 Å². The van der Waals surface area contributed by atoms with Gasteiger partial charge in [0, 0.05) is 22.8 Å². The first-order chi connectivity index (χ1) is 12.6. The number of hydrogen-bond donors (Lipinski definition) is 1. The summed E-state index contributed by atoms with van der Waals surface area (Å²) in [5.74, 6) is -0.240. The number of rotatable bonds is 7. The van der Waals surface area contributed by atoms with Gasteiger partial charge < -0.3 is 19.5 Å². The number of amides is 1. The molecule has 7 heteroatoms. The van der Waals surface area contributed by atoms with Gasteiger partial charge in [-0.25, -0.2) is 4.39 Å². The summed E-state index contributed by atoms with van der Waals surface area (Å²) in [7, 11) is 0. The number of ether oxygens (including phenoxy) is 3. The van der Waals surface area contributed by atoms with Crippen molar-refractivity contribution in [2.45, 2.75) is 18.9 Å². The van der Waals surface area contributed by atoms with Crippen molar-refractivity contribution >= 4 is 27.5 Å². The number of carbonyl (C=O) groups is 1. The Kier molecular flexibility index (Phi) is 6.46. The number of nitrogens with one attached hydrogen (secondary N) is 1. The molecule has 5 nitrogen and oxygen atoms in total. The molecule has 0 spiro atoms. The van der Waals surface area contributed by atoms with Gasteiger partial charge in [0.05, 0.1) is 6.10 Å².